The number of hydrogen-bond donors (Lipinski definition) is 0. The van der Waals surface area contributed by atoms with Crippen LogP contribution in [0.3, 0.4) is 0 Å². The van der Waals surface area contributed by atoms with Crippen LogP contribution in [0, 0.1) is 0 Å². The van der Waals surface area contributed by atoms with Crippen LogP contribution in [0.1, 0.15) is 0 Å². The van der Waals surface area contributed by atoms with E-state index in [0.717, 1.165) is 84.5 Å². The van der Waals surface area contributed by atoms with Crippen LogP contribution in [-0.4, -0.2) is 33.2 Å². The Kier molecular flexibility index (Phi) is 15.8. The highest BCUT2D eigenvalue weighted by Crippen LogP contribution is 2.46. The van der Waals surface area contributed by atoms with Crippen LogP contribution in [0.5, 0.6) is 0 Å². The molecule has 114 heavy (non-hydrogen) atoms. The molecule has 532 valence electrons. The summed E-state index contributed by atoms with van der Waals surface area (Å²) >= 11 is 0. The summed E-state index contributed by atoms with van der Waals surface area (Å²) in [6.07, 6.45) is 0. The molecule has 7 heteroatoms. The van der Waals surface area contributed by atoms with Crippen LogP contribution in [0.15, 0.2) is 419 Å². The standard InChI is InChI=1S/C54H34N4.C53H35N3/c1-2-18-38(19-3-1)57-50-27-11-9-23-46(50)52-51(57)33-32-45-44-22-8-10-26-49(44)58(53(45)52)39-30-28-37(29-31-39)54-55-47(42-24-12-16-35-14-4-6-20-40(35)42)34-48(56-54)43-25-13-17-36-15-5-7-21-41(36)43;1-4-15-36(16-5-1)39-19-14-20-40(33-39)48-35-41(34-47(54-48)38-17-6-2-7-18-38)37-27-29-43(30-28-37)56-49-25-12-10-23-44(49)45-31-32-51-52(53(45)56)46-24-11-13-26-50(46)55(51)42-21-8-3-9-22-42/h1-34H;1-35H. The SMILES string of the molecule is c1ccc(-c2cccc(-c3cc(-c4ccc(-n5c6ccccc6c6ccc7c(c8ccccc8n7-c7ccccc7)c65)cc4)cc(-c4ccccc4)n3)c2)cc1.c1ccc(-n2c3ccccc3c3c2ccc2c4ccccc4n(-c4ccc(-c5nc(-c6cccc7ccccc67)cc(-c6cccc7ccccc67)n5)cc4)c23)cc1. The monoisotopic (exact) mass is 1450 g/mol. The number of rotatable bonds is 11. The van der Waals surface area contributed by atoms with Crippen LogP contribution in [0.25, 0.3) is 210 Å². The third-order valence-electron chi connectivity index (χ3n) is 22.8. The Bertz CT molecular complexity index is 7580. The molecule has 0 fully saturated rings. The Morgan fingerprint density at radius 1 is 0.167 bits per heavy atom. The fourth-order valence-corrected chi connectivity index (χ4v) is 17.7. The maximum Gasteiger partial charge on any atom is 0.160 e. The fraction of sp³-hybridized carbons (Fsp3) is 0. The first-order valence-corrected chi connectivity index (χ1v) is 38.9. The molecule has 0 atom stereocenters. The van der Waals surface area contributed by atoms with Crippen molar-refractivity contribution in [3.8, 4) is 101 Å². The zero-order valence-electron chi connectivity index (χ0n) is 62.0. The second-order valence-corrected chi connectivity index (χ2v) is 29.3. The van der Waals surface area contributed by atoms with Crippen LogP contribution < -0.4 is 0 Å². The molecule has 0 saturated carbocycles. The molecule has 0 aliphatic rings. The zero-order chi connectivity index (χ0) is 75.2. The van der Waals surface area contributed by atoms with Crippen LogP contribution in [0.4, 0.5) is 0 Å². The number of para-hydroxylation sites is 6. The molecule has 0 radical (unpaired) electrons. The third-order valence-corrected chi connectivity index (χ3v) is 22.8. The van der Waals surface area contributed by atoms with Crippen molar-refractivity contribution >= 4 is 109 Å². The number of nitrogens with zero attached hydrogens (tertiary/aromatic N) is 7. The number of benzene rings is 17. The van der Waals surface area contributed by atoms with Gasteiger partial charge in [-0.25, -0.2) is 15.0 Å². The van der Waals surface area contributed by atoms with E-state index in [-0.39, 0.29) is 0 Å². The molecule has 0 N–H and O–H groups in total. The van der Waals surface area contributed by atoms with Crippen molar-refractivity contribution in [2.24, 2.45) is 0 Å². The summed E-state index contributed by atoms with van der Waals surface area (Å²) in [5.41, 5.74) is 27.7. The van der Waals surface area contributed by atoms with E-state index in [2.05, 4.69) is 437 Å². The van der Waals surface area contributed by atoms with E-state index in [1.807, 2.05) is 0 Å². The molecular weight excluding hydrogens is 1380 g/mol. The zero-order valence-corrected chi connectivity index (χ0v) is 62.0. The lowest BCUT2D eigenvalue weighted by molar-refractivity contribution is 1.17. The van der Waals surface area contributed by atoms with Crippen molar-refractivity contribution in [1.82, 2.24) is 33.2 Å². The largest absolute Gasteiger partial charge is 0.309 e. The van der Waals surface area contributed by atoms with Crippen LogP contribution in [0.2, 0.25) is 0 Å². The lowest BCUT2D eigenvalue weighted by atomic mass is 9.97. The Morgan fingerprint density at radius 3 is 1.01 bits per heavy atom. The maximum absolute atomic E-state index is 5.31. The van der Waals surface area contributed by atoms with Gasteiger partial charge in [0.25, 0.3) is 0 Å². The average Bonchev–Trinajstić information content (AvgIpc) is 1.55. The van der Waals surface area contributed by atoms with Crippen LogP contribution >= 0.6 is 0 Å². The minimum Gasteiger partial charge on any atom is -0.309 e. The van der Waals surface area contributed by atoms with E-state index < -0.39 is 0 Å². The molecule has 7 nitrogen and oxygen atoms in total. The van der Waals surface area contributed by atoms with E-state index in [1.165, 1.54) is 120 Å². The van der Waals surface area contributed by atoms with Gasteiger partial charge in [-0.1, -0.05) is 297 Å². The topological polar surface area (TPSA) is 58.4 Å². The molecule has 0 aliphatic carbocycles. The molecule has 0 bridgehead atoms. The van der Waals surface area contributed by atoms with Crippen LogP contribution in [-0.2, 0) is 0 Å². The fourth-order valence-electron chi connectivity index (χ4n) is 17.7. The second kappa shape index (κ2) is 27.4. The van der Waals surface area contributed by atoms with Gasteiger partial charge in [0.1, 0.15) is 0 Å². The molecule has 23 rings (SSSR count). The Morgan fingerprint density at radius 2 is 0.518 bits per heavy atom. The summed E-state index contributed by atoms with van der Waals surface area (Å²) < 4.78 is 9.69. The molecule has 0 saturated heterocycles. The summed E-state index contributed by atoms with van der Waals surface area (Å²) in [5.74, 6) is 0.690. The first-order valence-electron chi connectivity index (χ1n) is 38.9. The van der Waals surface area contributed by atoms with Gasteiger partial charge in [0.2, 0.25) is 0 Å². The van der Waals surface area contributed by atoms with Crippen molar-refractivity contribution in [2.75, 3.05) is 0 Å². The van der Waals surface area contributed by atoms with Gasteiger partial charge in [-0.05, 0) is 165 Å². The van der Waals surface area contributed by atoms with Gasteiger partial charge in [0.15, 0.2) is 5.82 Å². The number of pyridine rings is 1. The van der Waals surface area contributed by atoms with E-state index in [0.29, 0.717) is 5.82 Å². The predicted molar refractivity (Wildman–Crippen MR) is 477 cm³/mol. The van der Waals surface area contributed by atoms with Crippen molar-refractivity contribution in [3.63, 3.8) is 0 Å². The molecule has 0 aliphatic heterocycles. The Hall–Kier alpha value is -15.3. The van der Waals surface area contributed by atoms with Gasteiger partial charge >= 0.3 is 0 Å². The number of hydrogen-bond acceptors (Lipinski definition) is 3. The highest BCUT2D eigenvalue weighted by molar-refractivity contribution is 6.28. The van der Waals surface area contributed by atoms with E-state index in [1.54, 1.807) is 0 Å². The average molecular weight is 1450 g/mol. The lowest BCUT2D eigenvalue weighted by Gasteiger charge is -2.13. The summed E-state index contributed by atoms with van der Waals surface area (Å²) in [6.45, 7) is 0. The quantitative estimate of drug-likeness (QED) is 0.130. The van der Waals surface area contributed by atoms with Gasteiger partial charge in [-0.15, -0.1) is 0 Å². The molecule has 17 aromatic carbocycles. The van der Waals surface area contributed by atoms with Gasteiger partial charge in [-0.2, -0.15) is 0 Å². The van der Waals surface area contributed by atoms with Crippen molar-refractivity contribution in [3.05, 3.63) is 419 Å². The highest BCUT2D eigenvalue weighted by atomic mass is 15.0. The number of fused-ring (bicyclic) bond motifs is 16. The van der Waals surface area contributed by atoms with Gasteiger partial charge < -0.3 is 18.3 Å². The minimum absolute atomic E-state index is 0.690. The first-order chi connectivity index (χ1) is 56.6. The smallest absolute Gasteiger partial charge is 0.160 e. The van der Waals surface area contributed by atoms with Crippen molar-refractivity contribution in [2.45, 2.75) is 0 Å². The Balaban J connectivity index is 0.000000139. The molecule has 0 unspecified atom stereocenters. The van der Waals surface area contributed by atoms with Gasteiger partial charge in [0, 0.05) is 93.7 Å². The van der Waals surface area contributed by atoms with E-state index in [4.69, 9.17) is 15.0 Å². The summed E-state index contributed by atoms with van der Waals surface area (Å²) in [6, 6.07) is 150. The number of aromatic nitrogens is 7. The van der Waals surface area contributed by atoms with Gasteiger partial charge in [-0.3, -0.25) is 0 Å². The van der Waals surface area contributed by atoms with E-state index >= 15 is 0 Å². The molecule has 6 heterocycles. The van der Waals surface area contributed by atoms with E-state index in [9.17, 15) is 0 Å². The maximum atomic E-state index is 5.31. The summed E-state index contributed by atoms with van der Waals surface area (Å²) in [5, 5.41) is 14.6. The highest BCUT2D eigenvalue weighted by Gasteiger charge is 2.25. The Labute approximate surface area is 657 Å². The molecule has 6 aromatic heterocycles. The normalized spacial score (nSPS) is 11.7. The van der Waals surface area contributed by atoms with Gasteiger partial charge in [0.05, 0.1) is 66.9 Å². The summed E-state index contributed by atoms with van der Waals surface area (Å²) in [7, 11) is 0. The molecule has 0 amide bonds. The van der Waals surface area contributed by atoms with Crippen molar-refractivity contribution < 1.29 is 0 Å². The predicted octanol–water partition coefficient (Wildman–Crippen LogP) is 27.9. The molecular formula is C107H69N7. The molecule has 23 aromatic rings. The second-order valence-electron chi connectivity index (χ2n) is 29.3. The lowest BCUT2D eigenvalue weighted by Crippen LogP contribution is -1.98. The molecule has 0 spiro atoms. The minimum atomic E-state index is 0.690. The third kappa shape index (κ3) is 11.1. The summed E-state index contributed by atoms with van der Waals surface area (Å²) in [4.78, 5) is 15.8. The van der Waals surface area contributed by atoms with Crippen molar-refractivity contribution in [1.29, 1.82) is 0 Å². The first kappa shape index (κ1) is 65.7.